The van der Waals surface area contributed by atoms with E-state index in [0.717, 1.165) is 6.26 Å². The van der Waals surface area contributed by atoms with Crippen LogP contribution in [0.3, 0.4) is 0 Å². The Balaban J connectivity index is 2.75. The summed E-state index contributed by atoms with van der Waals surface area (Å²) in [5.74, 6) is 0.224. The number of hydrogen-bond acceptors (Lipinski definition) is 5. The fourth-order valence-corrected chi connectivity index (χ4v) is 1.86. The largest absolute Gasteiger partial charge is 0.493 e. The van der Waals surface area contributed by atoms with Crippen LogP contribution >= 0.6 is 0 Å². The van der Waals surface area contributed by atoms with E-state index in [-0.39, 0.29) is 23.3 Å². The highest BCUT2D eigenvalue weighted by molar-refractivity contribution is 7.90. The molecule has 0 aromatic heterocycles. The van der Waals surface area contributed by atoms with E-state index < -0.39 is 9.84 Å². The minimum atomic E-state index is -3.25. The molecule has 0 heterocycles. The molecule has 1 atom stereocenters. The average Bonchev–Trinajstić information content (AvgIpc) is 2.34. The maximum Gasteiger partial charge on any atom is 0.175 e. The lowest BCUT2D eigenvalue weighted by atomic mass is 10.2. The van der Waals surface area contributed by atoms with Gasteiger partial charge in [-0.2, -0.15) is 0 Å². The number of sulfone groups is 1. The monoisotopic (exact) mass is 272 g/mol. The zero-order chi connectivity index (χ0) is 13.8. The molecule has 6 nitrogen and oxygen atoms in total. The van der Waals surface area contributed by atoms with Crippen molar-refractivity contribution in [2.45, 2.75) is 11.8 Å². The Morgan fingerprint density at radius 1 is 1.56 bits per heavy atom. The summed E-state index contributed by atoms with van der Waals surface area (Å²) in [4.78, 5) is 0.191. The van der Waals surface area contributed by atoms with Crippen molar-refractivity contribution in [1.82, 2.24) is 0 Å². The quantitative estimate of drug-likeness (QED) is 0.358. The van der Waals surface area contributed by atoms with Crippen molar-refractivity contribution in [2.75, 3.05) is 12.9 Å². The van der Waals surface area contributed by atoms with Gasteiger partial charge in [0.2, 0.25) is 0 Å². The number of amidine groups is 1. The van der Waals surface area contributed by atoms with Crippen LogP contribution in [0.2, 0.25) is 0 Å². The number of benzene rings is 1. The number of oxime groups is 1. The third-order valence-corrected chi connectivity index (χ3v) is 3.46. The Hall–Kier alpha value is -1.76. The Bertz CT molecular complexity index is 540. The molecule has 1 aromatic rings. The maximum absolute atomic E-state index is 11.4. The average molecular weight is 272 g/mol. The van der Waals surface area contributed by atoms with Gasteiger partial charge >= 0.3 is 0 Å². The number of hydrogen-bond donors (Lipinski definition) is 2. The van der Waals surface area contributed by atoms with Crippen LogP contribution in [-0.4, -0.2) is 32.3 Å². The summed E-state index contributed by atoms with van der Waals surface area (Å²) in [6.07, 6.45) is 1.13. The molecule has 0 bridgehead atoms. The Morgan fingerprint density at radius 3 is 2.78 bits per heavy atom. The first kappa shape index (κ1) is 14.3. The van der Waals surface area contributed by atoms with Crippen LogP contribution in [0.5, 0.6) is 5.75 Å². The van der Waals surface area contributed by atoms with E-state index in [1.165, 1.54) is 12.1 Å². The summed E-state index contributed by atoms with van der Waals surface area (Å²) in [7, 11) is -3.25. The molecular weight excluding hydrogens is 256 g/mol. The predicted octanol–water partition coefficient (Wildman–Crippen LogP) is 0.851. The second kappa shape index (κ2) is 5.72. The van der Waals surface area contributed by atoms with Crippen molar-refractivity contribution in [3.63, 3.8) is 0 Å². The third kappa shape index (κ3) is 3.92. The normalized spacial score (nSPS) is 14.2. The number of rotatable bonds is 5. The summed E-state index contributed by atoms with van der Waals surface area (Å²) < 4.78 is 28.1. The molecule has 1 unspecified atom stereocenters. The van der Waals surface area contributed by atoms with E-state index >= 15 is 0 Å². The minimum Gasteiger partial charge on any atom is -0.493 e. The van der Waals surface area contributed by atoms with E-state index in [4.69, 9.17) is 15.7 Å². The summed E-state index contributed by atoms with van der Waals surface area (Å²) in [5, 5.41) is 11.4. The van der Waals surface area contributed by atoms with Gasteiger partial charge in [-0.3, -0.25) is 0 Å². The van der Waals surface area contributed by atoms with Gasteiger partial charge in [-0.15, -0.1) is 0 Å². The smallest absolute Gasteiger partial charge is 0.175 e. The van der Waals surface area contributed by atoms with E-state index in [9.17, 15) is 8.42 Å². The fourth-order valence-electron chi connectivity index (χ4n) is 1.20. The molecule has 0 amide bonds. The molecule has 1 aromatic carbocycles. The molecule has 0 spiro atoms. The lowest BCUT2D eigenvalue weighted by Crippen LogP contribution is -2.26. The van der Waals surface area contributed by atoms with Crippen molar-refractivity contribution < 1.29 is 18.4 Å². The molecule has 0 saturated carbocycles. The Kier molecular flexibility index (Phi) is 4.55. The van der Waals surface area contributed by atoms with Crippen LogP contribution in [0.1, 0.15) is 6.92 Å². The molecule has 0 fully saturated rings. The van der Waals surface area contributed by atoms with Crippen LogP contribution in [0.4, 0.5) is 0 Å². The SMILES string of the molecule is CC(COc1cccc(S(C)(=O)=O)c1)/C(N)=N/O. The molecule has 7 heteroatoms. The van der Waals surface area contributed by atoms with Gasteiger partial charge in [-0.1, -0.05) is 18.1 Å². The summed E-state index contributed by atoms with van der Waals surface area (Å²) in [5.41, 5.74) is 5.40. The molecule has 0 aliphatic carbocycles. The van der Waals surface area contributed by atoms with Crippen LogP contribution in [0, 0.1) is 5.92 Å². The first-order valence-electron chi connectivity index (χ1n) is 5.25. The molecule has 100 valence electrons. The number of nitrogens with two attached hydrogens (primary N) is 1. The number of nitrogens with zero attached hydrogens (tertiary/aromatic N) is 1. The van der Waals surface area contributed by atoms with Crippen molar-refractivity contribution in [2.24, 2.45) is 16.8 Å². The van der Waals surface area contributed by atoms with Crippen molar-refractivity contribution in [3.8, 4) is 5.75 Å². The maximum atomic E-state index is 11.4. The third-order valence-electron chi connectivity index (χ3n) is 2.35. The van der Waals surface area contributed by atoms with E-state index in [0.29, 0.717) is 5.75 Å². The molecular formula is C11H16N2O4S. The van der Waals surface area contributed by atoms with Crippen molar-refractivity contribution in [3.05, 3.63) is 24.3 Å². The van der Waals surface area contributed by atoms with Crippen molar-refractivity contribution in [1.29, 1.82) is 0 Å². The van der Waals surface area contributed by atoms with E-state index in [1.807, 2.05) is 0 Å². The standard InChI is InChI=1S/C11H16N2O4S/c1-8(11(12)13-14)7-17-9-4-3-5-10(6-9)18(2,15)16/h3-6,8,14H,7H2,1-2H3,(H2,12,13). The highest BCUT2D eigenvalue weighted by atomic mass is 32.2. The Labute approximate surface area is 106 Å². The summed E-state index contributed by atoms with van der Waals surface area (Å²) >= 11 is 0. The van der Waals surface area contributed by atoms with Gasteiger partial charge < -0.3 is 15.7 Å². The van der Waals surface area contributed by atoms with Gasteiger partial charge in [0.1, 0.15) is 11.6 Å². The summed E-state index contributed by atoms with van der Waals surface area (Å²) in [6.45, 7) is 1.93. The number of ether oxygens (including phenoxy) is 1. The summed E-state index contributed by atoms with van der Waals surface area (Å²) in [6, 6.07) is 6.18. The fraction of sp³-hybridized carbons (Fsp3) is 0.364. The van der Waals surface area contributed by atoms with Gasteiger partial charge in [-0.25, -0.2) is 8.42 Å². The predicted molar refractivity (Wildman–Crippen MR) is 67.6 cm³/mol. The molecule has 0 aliphatic heterocycles. The lowest BCUT2D eigenvalue weighted by molar-refractivity contribution is 0.278. The topological polar surface area (TPSA) is 102 Å². The second-order valence-electron chi connectivity index (χ2n) is 3.98. The van der Waals surface area contributed by atoms with Gasteiger partial charge in [-0.05, 0) is 18.2 Å². The highest BCUT2D eigenvalue weighted by Crippen LogP contribution is 2.17. The first-order valence-corrected chi connectivity index (χ1v) is 7.14. The van der Waals surface area contributed by atoms with Crippen LogP contribution in [0.25, 0.3) is 0 Å². The van der Waals surface area contributed by atoms with Crippen LogP contribution in [0.15, 0.2) is 34.3 Å². The molecule has 0 aliphatic rings. The minimum absolute atomic E-state index is 0.0641. The molecule has 3 N–H and O–H groups in total. The highest BCUT2D eigenvalue weighted by Gasteiger charge is 2.11. The lowest BCUT2D eigenvalue weighted by Gasteiger charge is -2.12. The zero-order valence-corrected chi connectivity index (χ0v) is 11.0. The molecule has 1 rings (SSSR count). The van der Waals surface area contributed by atoms with E-state index in [1.54, 1.807) is 19.1 Å². The van der Waals surface area contributed by atoms with Gasteiger partial charge in [0.15, 0.2) is 9.84 Å². The van der Waals surface area contributed by atoms with Crippen LogP contribution in [-0.2, 0) is 9.84 Å². The van der Waals surface area contributed by atoms with Crippen molar-refractivity contribution >= 4 is 15.7 Å². The Morgan fingerprint density at radius 2 is 2.22 bits per heavy atom. The second-order valence-corrected chi connectivity index (χ2v) is 6.00. The van der Waals surface area contributed by atoms with Gasteiger partial charge in [0.25, 0.3) is 0 Å². The molecule has 0 saturated heterocycles. The molecule has 18 heavy (non-hydrogen) atoms. The van der Waals surface area contributed by atoms with Gasteiger partial charge in [0.05, 0.1) is 17.4 Å². The molecule has 0 radical (unpaired) electrons. The van der Waals surface area contributed by atoms with Gasteiger partial charge in [0, 0.05) is 6.26 Å². The van der Waals surface area contributed by atoms with Crippen LogP contribution < -0.4 is 10.5 Å². The first-order chi connectivity index (χ1) is 8.34. The van der Waals surface area contributed by atoms with E-state index in [2.05, 4.69) is 5.16 Å². The zero-order valence-electron chi connectivity index (χ0n) is 10.2.